The summed E-state index contributed by atoms with van der Waals surface area (Å²) in [5.41, 5.74) is 0.278. The number of rotatable bonds is 7. The maximum Gasteiger partial charge on any atom is 0.166 e. The van der Waals surface area contributed by atoms with Gasteiger partial charge in [0.25, 0.3) is 0 Å². The Morgan fingerprint density at radius 3 is 2.63 bits per heavy atom. The molecule has 1 aromatic carbocycles. The lowest BCUT2D eigenvalue weighted by molar-refractivity contribution is 0.229. The minimum Gasteiger partial charge on any atom is -0.490 e. The summed E-state index contributed by atoms with van der Waals surface area (Å²) < 4.78 is 11.2. The van der Waals surface area contributed by atoms with Crippen LogP contribution in [0.15, 0.2) is 18.2 Å². The summed E-state index contributed by atoms with van der Waals surface area (Å²) in [5, 5.41) is 18.3. The molecule has 1 rings (SSSR count). The van der Waals surface area contributed by atoms with Gasteiger partial charge in [-0.2, -0.15) is 5.26 Å². The van der Waals surface area contributed by atoms with Crippen molar-refractivity contribution in [3.8, 4) is 17.6 Å². The van der Waals surface area contributed by atoms with Gasteiger partial charge in [-0.1, -0.05) is 12.1 Å². The number of aliphatic hydroxyl groups excluding tert-OH is 1. The van der Waals surface area contributed by atoms with E-state index in [0.29, 0.717) is 36.7 Å². The molecule has 0 spiro atoms. The second-order valence-corrected chi connectivity index (χ2v) is 4.93. The van der Waals surface area contributed by atoms with Crippen molar-refractivity contribution in [2.75, 3.05) is 13.2 Å². The quantitative estimate of drug-likeness (QED) is 0.821. The van der Waals surface area contributed by atoms with Crippen molar-refractivity contribution in [2.45, 2.75) is 33.8 Å². The smallest absolute Gasteiger partial charge is 0.166 e. The normalized spacial score (nSPS) is 10.9. The summed E-state index contributed by atoms with van der Waals surface area (Å²) in [6.07, 6.45) is 0.620. The number of benzene rings is 1. The highest BCUT2D eigenvalue weighted by atomic mass is 16.5. The van der Waals surface area contributed by atoms with E-state index in [-0.39, 0.29) is 6.61 Å². The molecule has 0 heterocycles. The number of hydrogen-bond donors (Lipinski definition) is 1. The average molecular weight is 263 g/mol. The van der Waals surface area contributed by atoms with Crippen LogP contribution in [-0.4, -0.2) is 18.3 Å². The maximum atomic E-state index is 9.33. The number of hydrogen-bond acceptors (Lipinski definition) is 4. The van der Waals surface area contributed by atoms with Crippen molar-refractivity contribution in [2.24, 2.45) is 5.41 Å². The Labute approximate surface area is 114 Å². The van der Waals surface area contributed by atoms with Gasteiger partial charge in [-0.25, -0.2) is 0 Å². The Bertz CT molecular complexity index is 449. The molecule has 1 N–H and O–H groups in total. The van der Waals surface area contributed by atoms with Gasteiger partial charge in [-0.05, 0) is 33.3 Å². The number of aliphatic hydroxyl groups is 1. The third kappa shape index (κ3) is 4.46. The molecule has 1 aromatic rings. The lowest BCUT2D eigenvalue weighted by atomic mass is 9.92. The van der Waals surface area contributed by atoms with Crippen LogP contribution in [0.1, 0.15) is 32.8 Å². The first-order chi connectivity index (χ1) is 9.04. The molecule has 0 radical (unpaired) electrons. The van der Waals surface area contributed by atoms with Crippen molar-refractivity contribution < 1.29 is 14.6 Å². The Morgan fingerprint density at radius 2 is 2.05 bits per heavy atom. The predicted octanol–water partition coefficient (Wildman–Crippen LogP) is 2.90. The zero-order valence-corrected chi connectivity index (χ0v) is 11.8. The molecule has 0 atom stereocenters. The second-order valence-electron chi connectivity index (χ2n) is 4.93. The number of ether oxygens (including phenoxy) is 2. The van der Waals surface area contributed by atoms with E-state index in [1.54, 1.807) is 6.07 Å². The molecule has 0 aromatic heterocycles. The Morgan fingerprint density at radius 1 is 1.32 bits per heavy atom. The van der Waals surface area contributed by atoms with Crippen LogP contribution in [0.4, 0.5) is 0 Å². The molecule has 0 aliphatic heterocycles. The van der Waals surface area contributed by atoms with E-state index < -0.39 is 5.41 Å². The molecular formula is C15H21NO3. The molecule has 4 nitrogen and oxygen atoms in total. The summed E-state index contributed by atoms with van der Waals surface area (Å²) in [6, 6.07) is 7.67. The van der Waals surface area contributed by atoms with E-state index >= 15 is 0 Å². The summed E-state index contributed by atoms with van der Waals surface area (Å²) >= 11 is 0. The number of nitriles is 1. The number of nitrogens with zero attached hydrogens (tertiary/aromatic N) is 1. The highest BCUT2D eigenvalue weighted by molar-refractivity contribution is 5.46. The summed E-state index contributed by atoms with van der Waals surface area (Å²) in [5.74, 6) is 1.20. The minimum absolute atomic E-state index is 0.0993. The summed E-state index contributed by atoms with van der Waals surface area (Å²) in [7, 11) is 0. The van der Waals surface area contributed by atoms with Gasteiger partial charge in [-0.15, -0.1) is 0 Å². The molecule has 0 aliphatic rings. The van der Waals surface area contributed by atoms with Gasteiger partial charge in [0.15, 0.2) is 11.5 Å². The third-order valence-corrected chi connectivity index (χ3v) is 2.81. The van der Waals surface area contributed by atoms with Crippen LogP contribution in [0.25, 0.3) is 0 Å². The van der Waals surface area contributed by atoms with E-state index in [4.69, 9.17) is 14.7 Å². The molecule has 0 saturated carbocycles. The third-order valence-electron chi connectivity index (χ3n) is 2.81. The van der Waals surface area contributed by atoms with Crippen LogP contribution in [0.3, 0.4) is 0 Å². The van der Waals surface area contributed by atoms with Gasteiger partial charge < -0.3 is 14.6 Å². The fourth-order valence-corrected chi connectivity index (χ4v) is 1.58. The highest BCUT2D eigenvalue weighted by Gasteiger charge is 2.18. The summed E-state index contributed by atoms with van der Waals surface area (Å²) in [6.45, 7) is 6.49. The fourth-order valence-electron chi connectivity index (χ4n) is 1.58. The zero-order valence-electron chi connectivity index (χ0n) is 11.8. The van der Waals surface area contributed by atoms with E-state index in [9.17, 15) is 5.11 Å². The van der Waals surface area contributed by atoms with E-state index in [1.165, 1.54) is 0 Å². The van der Waals surface area contributed by atoms with Crippen LogP contribution in [0, 0.1) is 16.7 Å². The van der Waals surface area contributed by atoms with Gasteiger partial charge >= 0.3 is 0 Å². The predicted molar refractivity (Wildman–Crippen MR) is 73.0 cm³/mol. The number of para-hydroxylation sites is 1. The van der Waals surface area contributed by atoms with E-state index in [1.807, 2.05) is 32.9 Å². The Balaban J connectivity index is 2.78. The largest absolute Gasteiger partial charge is 0.490 e. The van der Waals surface area contributed by atoms with Crippen molar-refractivity contribution in [3.63, 3.8) is 0 Å². The SMILES string of the molecule is CCOc1cccc(CO)c1OCCC(C)(C)C#N. The van der Waals surface area contributed by atoms with Gasteiger partial charge in [0.05, 0.1) is 31.3 Å². The lowest BCUT2D eigenvalue weighted by Crippen LogP contribution is -2.14. The average Bonchev–Trinajstić information content (AvgIpc) is 2.40. The van der Waals surface area contributed by atoms with E-state index in [0.717, 1.165) is 0 Å². The van der Waals surface area contributed by atoms with Crippen molar-refractivity contribution in [1.82, 2.24) is 0 Å². The molecule has 0 saturated heterocycles. The Kier molecular flexibility index (Phi) is 5.65. The molecule has 0 fully saturated rings. The maximum absolute atomic E-state index is 9.33. The standard InChI is InChI=1S/C15H21NO3/c1-4-18-13-7-5-6-12(10-17)14(13)19-9-8-15(2,3)11-16/h5-7,17H,4,8-10H2,1-3H3. The van der Waals surface area contributed by atoms with Crippen LogP contribution >= 0.6 is 0 Å². The molecule has 0 bridgehead atoms. The Hall–Kier alpha value is -1.73. The van der Waals surface area contributed by atoms with Crippen molar-refractivity contribution in [3.05, 3.63) is 23.8 Å². The first-order valence-corrected chi connectivity index (χ1v) is 6.43. The topological polar surface area (TPSA) is 62.5 Å². The zero-order chi connectivity index (χ0) is 14.3. The molecular weight excluding hydrogens is 242 g/mol. The fraction of sp³-hybridized carbons (Fsp3) is 0.533. The van der Waals surface area contributed by atoms with Crippen molar-refractivity contribution in [1.29, 1.82) is 5.26 Å². The van der Waals surface area contributed by atoms with Gasteiger partial charge in [0.2, 0.25) is 0 Å². The minimum atomic E-state index is -0.417. The van der Waals surface area contributed by atoms with Crippen LogP contribution in [0.2, 0.25) is 0 Å². The second kappa shape index (κ2) is 7.01. The van der Waals surface area contributed by atoms with Gasteiger partial charge in [0, 0.05) is 5.56 Å². The summed E-state index contributed by atoms with van der Waals surface area (Å²) in [4.78, 5) is 0. The molecule has 0 amide bonds. The molecule has 0 aliphatic carbocycles. The molecule has 0 unspecified atom stereocenters. The van der Waals surface area contributed by atoms with Crippen LogP contribution in [-0.2, 0) is 6.61 Å². The van der Waals surface area contributed by atoms with E-state index in [2.05, 4.69) is 6.07 Å². The molecule has 4 heteroatoms. The first-order valence-electron chi connectivity index (χ1n) is 6.43. The van der Waals surface area contributed by atoms with Gasteiger partial charge in [-0.3, -0.25) is 0 Å². The lowest BCUT2D eigenvalue weighted by Gasteiger charge is -2.18. The molecule has 104 valence electrons. The van der Waals surface area contributed by atoms with Crippen molar-refractivity contribution >= 4 is 0 Å². The highest BCUT2D eigenvalue weighted by Crippen LogP contribution is 2.32. The first kappa shape index (κ1) is 15.3. The monoisotopic (exact) mass is 263 g/mol. The van der Waals surface area contributed by atoms with Crippen LogP contribution < -0.4 is 9.47 Å². The van der Waals surface area contributed by atoms with Gasteiger partial charge in [0.1, 0.15) is 0 Å². The molecule has 19 heavy (non-hydrogen) atoms. The van der Waals surface area contributed by atoms with Crippen LogP contribution in [0.5, 0.6) is 11.5 Å².